The molecule has 21 heavy (non-hydrogen) atoms. The molecule has 0 atom stereocenters. The lowest BCUT2D eigenvalue weighted by atomic mass is 10.0. The molecule has 1 heterocycles. The summed E-state index contributed by atoms with van der Waals surface area (Å²) in [5.74, 6) is 0.843. The molecule has 110 valence electrons. The van der Waals surface area contributed by atoms with E-state index in [1.807, 2.05) is 24.3 Å². The normalized spacial score (nSPS) is 15.2. The molecule has 1 saturated carbocycles. The molecule has 1 aliphatic rings. The van der Waals surface area contributed by atoms with Gasteiger partial charge in [-0.25, -0.2) is 4.68 Å². The Morgan fingerprint density at radius 3 is 2.67 bits per heavy atom. The average molecular weight is 285 g/mol. The smallest absolute Gasteiger partial charge is 0.224 e. The van der Waals surface area contributed by atoms with Crippen LogP contribution in [-0.4, -0.2) is 26.1 Å². The maximum atomic E-state index is 11.9. The Kier molecular flexibility index (Phi) is 4.23. The van der Waals surface area contributed by atoms with Crippen LogP contribution in [0, 0.1) is 5.92 Å². The fourth-order valence-corrected chi connectivity index (χ4v) is 2.83. The van der Waals surface area contributed by atoms with Gasteiger partial charge in [0.25, 0.3) is 0 Å². The van der Waals surface area contributed by atoms with Gasteiger partial charge in [-0.2, -0.15) is 0 Å². The highest BCUT2D eigenvalue weighted by atomic mass is 16.1. The van der Waals surface area contributed by atoms with Gasteiger partial charge in [-0.15, -0.1) is 5.10 Å². The molecular weight excluding hydrogens is 266 g/mol. The predicted octanol–water partition coefficient (Wildman–Crippen LogP) is 2.57. The molecule has 3 rings (SSSR count). The number of hydrogen-bond acceptors (Lipinski definition) is 4. The zero-order chi connectivity index (χ0) is 14.5. The molecule has 6 nitrogen and oxygen atoms in total. The van der Waals surface area contributed by atoms with Crippen molar-refractivity contribution in [3.05, 3.63) is 30.6 Å². The standard InChI is InChI=1S/C15H19N5O/c21-15(10-5-12-3-1-2-4-12)17-13-6-8-14(9-7-13)20-11-16-18-19-20/h6-9,11-12H,1-5,10H2,(H,17,21). The first kappa shape index (κ1) is 13.7. The van der Waals surface area contributed by atoms with Crippen LogP contribution in [-0.2, 0) is 4.79 Å². The van der Waals surface area contributed by atoms with Crippen molar-refractivity contribution >= 4 is 11.6 Å². The summed E-state index contributed by atoms with van der Waals surface area (Å²) in [7, 11) is 0. The van der Waals surface area contributed by atoms with E-state index < -0.39 is 0 Å². The number of hydrogen-bond donors (Lipinski definition) is 1. The highest BCUT2D eigenvalue weighted by Gasteiger charge is 2.16. The van der Waals surface area contributed by atoms with Gasteiger partial charge < -0.3 is 5.32 Å². The lowest BCUT2D eigenvalue weighted by Crippen LogP contribution is -2.12. The number of rotatable bonds is 5. The van der Waals surface area contributed by atoms with E-state index in [4.69, 9.17) is 0 Å². The lowest BCUT2D eigenvalue weighted by Gasteiger charge is -2.09. The Morgan fingerprint density at radius 2 is 2.00 bits per heavy atom. The van der Waals surface area contributed by atoms with Gasteiger partial charge >= 0.3 is 0 Å². The summed E-state index contributed by atoms with van der Waals surface area (Å²) in [6.45, 7) is 0. The van der Waals surface area contributed by atoms with Crippen LogP contribution in [0.15, 0.2) is 30.6 Å². The molecule has 1 N–H and O–H groups in total. The Morgan fingerprint density at radius 1 is 1.24 bits per heavy atom. The molecule has 1 fully saturated rings. The van der Waals surface area contributed by atoms with Crippen LogP contribution < -0.4 is 5.32 Å². The van der Waals surface area contributed by atoms with Gasteiger partial charge in [-0.1, -0.05) is 25.7 Å². The second kappa shape index (κ2) is 6.47. The molecule has 0 saturated heterocycles. The zero-order valence-electron chi connectivity index (χ0n) is 11.9. The summed E-state index contributed by atoms with van der Waals surface area (Å²) in [5.41, 5.74) is 1.67. The molecule has 0 spiro atoms. The number of anilines is 1. The van der Waals surface area contributed by atoms with Crippen LogP contribution in [0.4, 0.5) is 5.69 Å². The van der Waals surface area contributed by atoms with Gasteiger partial charge in [0.1, 0.15) is 6.33 Å². The quantitative estimate of drug-likeness (QED) is 0.916. The fourth-order valence-electron chi connectivity index (χ4n) is 2.83. The van der Waals surface area contributed by atoms with Crippen LogP contribution in [0.3, 0.4) is 0 Å². The van der Waals surface area contributed by atoms with Crippen molar-refractivity contribution in [3.8, 4) is 5.69 Å². The average Bonchev–Trinajstić information content (AvgIpc) is 3.19. The van der Waals surface area contributed by atoms with Gasteiger partial charge in [0, 0.05) is 12.1 Å². The van der Waals surface area contributed by atoms with Crippen LogP contribution >= 0.6 is 0 Å². The topological polar surface area (TPSA) is 72.7 Å². The van der Waals surface area contributed by atoms with Gasteiger partial charge in [-0.3, -0.25) is 4.79 Å². The molecular formula is C15H19N5O. The Labute approximate surface area is 123 Å². The Balaban J connectivity index is 1.51. The largest absolute Gasteiger partial charge is 0.326 e. The molecule has 6 heteroatoms. The van der Waals surface area contributed by atoms with E-state index in [2.05, 4.69) is 20.8 Å². The van der Waals surface area contributed by atoms with Crippen LogP contribution in [0.25, 0.3) is 5.69 Å². The molecule has 0 aliphatic heterocycles. The molecule has 2 aromatic rings. The second-order valence-electron chi connectivity index (χ2n) is 5.54. The first-order valence-corrected chi connectivity index (χ1v) is 7.44. The first-order chi connectivity index (χ1) is 10.3. The van der Waals surface area contributed by atoms with Crippen LogP contribution in [0.1, 0.15) is 38.5 Å². The van der Waals surface area contributed by atoms with Gasteiger partial charge in [0.2, 0.25) is 5.91 Å². The van der Waals surface area contributed by atoms with E-state index in [-0.39, 0.29) is 5.91 Å². The minimum atomic E-state index is 0.0945. The molecule has 0 unspecified atom stereocenters. The molecule has 1 aromatic carbocycles. The van der Waals surface area contributed by atoms with Crippen molar-refractivity contribution in [2.45, 2.75) is 38.5 Å². The number of benzene rings is 1. The third-order valence-electron chi connectivity index (χ3n) is 4.02. The summed E-state index contributed by atoms with van der Waals surface area (Å²) < 4.78 is 1.58. The van der Waals surface area contributed by atoms with Crippen molar-refractivity contribution < 1.29 is 4.79 Å². The van der Waals surface area contributed by atoms with E-state index in [0.717, 1.165) is 23.7 Å². The molecule has 1 aromatic heterocycles. The van der Waals surface area contributed by atoms with Crippen molar-refractivity contribution in [1.29, 1.82) is 0 Å². The predicted molar refractivity (Wildman–Crippen MR) is 79.0 cm³/mol. The minimum absolute atomic E-state index is 0.0945. The molecule has 1 amide bonds. The van der Waals surface area contributed by atoms with E-state index >= 15 is 0 Å². The Bertz CT molecular complexity index is 573. The molecule has 0 radical (unpaired) electrons. The number of tetrazole rings is 1. The minimum Gasteiger partial charge on any atom is -0.326 e. The van der Waals surface area contributed by atoms with E-state index in [1.165, 1.54) is 32.0 Å². The van der Waals surface area contributed by atoms with E-state index in [0.29, 0.717) is 6.42 Å². The van der Waals surface area contributed by atoms with Crippen LogP contribution in [0.5, 0.6) is 0 Å². The highest BCUT2D eigenvalue weighted by molar-refractivity contribution is 5.90. The van der Waals surface area contributed by atoms with Gasteiger partial charge in [0.15, 0.2) is 0 Å². The Hall–Kier alpha value is -2.24. The number of nitrogens with one attached hydrogen (secondary N) is 1. The van der Waals surface area contributed by atoms with Crippen molar-refractivity contribution in [1.82, 2.24) is 20.2 Å². The van der Waals surface area contributed by atoms with Crippen molar-refractivity contribution in [3.63, 3.8) is 0 Å². The van der Waals surface area contributed by atoms with E-state index in [9.17, 15) is 4.79 Å². The number of nitrogens with zero attached hydrogens (tertiary/aromatic N) is 4. The van der Waals surface area contributed by atoms with Crippen molar-refractivity contribution in [2.75, 3.05) is 5.32 Å². The summed E-state index contributed by atoms with van der Waals surface area (Å²) in [4.78, 5) is 11.9. The SMILES string of the molecule is O=C(CCC1CCCC1)Nc1ccc(-n2cnnn2)cc1. The third-order valence-corrected chi connectivity index (χ3v) is 4.02. The second-order valence-corrected chi connectivity index (χ2v) is 5.54. The number of carbonyl (C=O) groups is 1. The summed E-state index contributed by atoms with van der Waals surface area (Å²) in [6, 6.07) is 7.49. The summed E-state index contributed by atoms with van der Waals surface area (Å²) in [5, 5.41) is 13.9. The lowest BCUT2D eigenvalue weighted by molar-refractivity contribution is -0.116. The number of carbonyl (C=O) groups excluding carboxylic acids is 1. The zero-order valence-corrected chi connectivity index (χ0v) is 11.9. The third kappa shape index (κ3) is 3.65. The van der Waals surface area contributed by atoms with E-state index in [1.54, 1.807) is 4.68 Å². The summed E-state index contributed by atoms with van der Waals surface area (Å²) in [6.07, 6.45) is 8.38. The fraction of sp³-hybridized carbons (Fsp3) is 0.467. The summed E-state index contributed by atoms with van der Waals surface area (Å²) >= 11 is 0. The van der Waals surface area contributed by atoms with Gasteiger partial charge in [-0.05, 0) is 47.0 Å². The molecule has 1 aliphatic carbocycles. The molecule has 0 bridgehead atoms. The number of amides is 1. The maximum Gasteiger partial charge on any atom is 0.224 e. The van der Waals surface area contributed by atoms with Gasteiger partial charge in [0.05, 0.1) is 5.69 Å². The maximum absolute atomic E-state index is 11.9. The van der Waals surface area contributed by atoms with Crippen LogP contribution in [0.2, 0.25) is 0 Å². The number of aromatic nitrogens is 4. The highest BCUT2D eigenvalue weighted by Crippen LogP contribution is 2.28. The first-order valence-electron chi connectivity index (χ1n) is 7.44. The van der Waals surface area contributed by atoms with Crippen molar-refractivity contribution in [2.24, 2.45) is 5.92 Å². The monoisotopic (exact) mass is 285 g/mol.